The summed E-state index contributed by atoms with van der Waals surface area (Å²) >= 11 is 0. The van der Waals surface area contributed by atoms with Crippen molar-refractivity contribution in [2.45, 2.75) is 39.2 Å². The zero-order chi connectivity index (χ0) is 13.9. The van der Waals surface area contributed by atoms with Gasteiger partial charge in [0.1, 0.15) is 5.60 Å². The number of amides is 1. The molecule has 0 saturated carbocycles. The summed E-state index contributed by atoms with van der Waals surface area (Å²) in [5.74, 6) is 0.511. The third kappa shape index (κ3) is 4.23. The number of ether oxygens (including phenoxy) is 1. The largest absolute Gasteiger partial charge is 0.444 e. The van der Waals surface area contributed by atoms with Crippen molar-refractivity contribution in [1.82, 2.24) is 9.88 Å². The van der Waals surface area contributed by atoms with Gasteiger partial charge in [0.25, 0.3) is 0 Å². The van der Waals surface area contributed by atoms with E-state index in [1.54, 1.807) is 6.20 Å². The molecular weight excluding hydrogens is 240 g/mol. The van der Waals surface area contributed by atoms with E-state index in [1.165, 1.54) is 5.56 Å². The van der Waals surface area contributed by atoms with Crippen molar-refractivity contribution in [3.8, 4) is 0 Å². The molecule has 1 fully saturated rings. The van der Waals surface area contributed by atoms with Crippen molar-refractivity contribution < 1.29 is 9.53 Å². The van der Waals surface area contributed by atoms with Gasteiger partial charge in [-0.05, 0) is 51.2 Å². The molecule has 1 aliphatic rings. The van der Waals surface area contributed by atoms with Crippen LogP contribution in [-0.2, 0) is 11.2 Å². The smallest absolute Gasteiger partial charge is 0.410 e. The first-order valence-electron chi connectivity index (χ1n) is 6.81. The van der Waals surface area contributed by atoms with Gasteiger partial charge < -0.3 is 9.64 Å². The lowest BCUT2D eigenvalue weighted by atomic mass is 10.0. The Hall–Kier alpha value is -1.58. The van der Waals surface area contributed by atoms with E-state index in [0.29, 0.717) is 5.92 Å². The summed E-state index contributed by atoms with van der Waals surface area (Å²) in [6.45, 7) is 7.26. The number of aromatic nitrogens is 1. The first kappa shape index (κ1) is 13.8. The van der Waals surface area contributed by atoms with Crippen LogP contribution in [0.1, 0.15) is 32.8 Å². The predicted molar refractivity (Wildman–Crippen MR) is 73.9 cm³/mol. The van der Waals surface area contributed by atoms with Gasteiger partial charge in [0.2, 0.25) is 0 Å². The van der Waals surface area contributed by atoms with Crippen LogP contribution in [0.3, 0.4) is 0 Å². The number of carbonyl (C=O) groups is 1. The van der Waals surface area contributed by atoms with Crippen molar-refractivity contribution in [2.24, 2.45) is 5.92 Å². The second kappa shape index (κ2) is 5.59. The summed E-state index contributed by atoms with van der Waals surface area (Å²) in [6.07, 6.45) is 5.50. The zero-order valence-corrected chi connectivity index (χ0v) is 11.9. The summed E-state index contributed by atoms with van der Waals surface area (Å²) in [4.78, 5) is 17.9. The molecule has 1 saturated heterocycles. The predicted octanol–water partition coefficient (Wildman–Crippen LogP) is 2.88. The minimum Gasteiger partial charge on any atom is -0.444 e. The molecule has 19 heavy (non-hydrogen) atoms. The Morgan fingerprint density at radius 2 is 2.32 bits per heavy atom. The van der Waals surface area contributed by atoms with E-state index in [1.807, 2.05) is 37.9 Å². The highest BCUT2D eigenvalue weighted by Crippen LogP contribution is 2.22. The van der Waals surface area contributed by atoms with Crippen molar-refractivity contribution in [3.05, 3.63) is 30.1 Å². The molecule has 1 aromatic heterocycles. The molecule has 1 amide bonds. The molecule has 104 valence electrons. The second-order valence-electron chi connectivity index (χ2n) is 6.15. The van der Waals surface area contributed by atoms with Gasteiger partial charge >= 0.3 is 6.09 Å². The van der Waals surface area contributed by atoms with Crippen LogP contribution in [0, 0.1) is 5.92 Å². The van der Waals surface area contributed by atoms with Gasteiger partial charge in [0.05, 0.1) is 0 Å². The average molecular weight is 262 g/mol. The lowest BCUT2D eigenvalue weighted by molar-refractivity contribution is 0.0288. The van der Waals surface area contributed by atoms with E-state index in [-0.39, 0.29) is 6.09 Å². The van der Waals surface area contributed by atoms with Crippen LogP contribution in [0.4, 0.5) is 4.79 Å². The van der Waals surface area contributed by atoms with Gasteiger partial charge in [-0.3, -0.25) is 4.98 Å². The van der Waals surface area contributed by atoms with Crippen LogP contribution in [0.15, 0.2) is 24.5 Å². The molecule has 0 spiro atoms. The van der Waals surface area contributed by atoms with Crippen LogP contribution in [-0.4, -0.2) is 34.7 Å². The van der Waals surface area contributed by atoms with E-state index < -0.39 is 5.60 Å². The maximum Gasteiger partial charge on any atom is 0.410 e. The Labute approximate surface area is 114 Å². The van der Waals surface area contributed by atoms with E-state index >= 15 is 0 Å². The molecule has 1 aliphatic heterocycles. The van der Waals surface area contributed by atoms with E-state index in [0.717, 1.165) is 25.9 Å². The molecular formula is C15H22N2O2. The molecule has 0 N–H and O–H groups in total. The van der Waals surface area contributed by atoms with Crippen LogP contribution in [0.25, 0.3) is 0 Å². The third-order valence-electron chi connectivity index (χ3n) is 3.18. The highest BCUT2D eigenvalue weighted by atomic mass is 16.6. The Balaban J connectivity index is 1.85. The molecule has 2 heterocycles. The van der Waals surface area contributed by atoms with Crippen LogP contribution in [0.5, 0.6) is 0 Å². The fourth-order valence-corrected chi connectivity index (χ4v) is 2.34. The fraction of sp³-hybridized carbons (Fsp3) is 0.600. The molecule has 1 aromatic rings. The molecule has 4 heteroatoms. The number of likely N-dealkylation sites (tertiary alicyclic amines) is 1. The maximum atomic E-state index is 12.0. The van der Waals surface area contributed by atoms with E-state index in [4.69, 9.17) is 4.74 Å². The highest BCUT2D eigenvalue weighted by molar-refractivity contribution is 5.68. The molecule has 2 rings (SSSR count). The standard InChI is InChI=1S/C15H22N2O2/c1-15(2,3)19-14(18)17-8-6-13(11-17)9-12-5-4-7-16-10-12/h4-5,7,10,13H,6,8-9,11H2,1-3H3/t13-/m1/s1. The van der Waals surface area contributed by atoms with Gasteiger partial charge in [-0.25, -0.2) is 4.79 Å². The minimum absolute atomic E-state index is 0.193. The number of hydrogen-bond donors (Lipinski definition) is 0. The number of carbonyl (C=O) groups excluding carboxylic acids is 1. The third-order valence-corrected chi connectivity index (χ3v) is 3.18. The summed E-state index contributed by atoms with van der Waals surface area (Å²) in [7, 11) is 0. The quantitative estimate of drug-likeness (QED) is 0.823. The van der Waals surface area contributed by atoms with Crippen molar-refractivity contribution >= 4 is 6.09 Å². The first-order valence-corrected chi connectivity index (χ1v) is 6.81. The normalized spacial score (nSPS) is 19.5. The summed E-state index contributed by atoms with van der Waals surface area (Å²) in [5, 5.41) is 0. The van der Waals surface area contributed by atoms with Gasteiger partial charge in [0.15, 0.2) is 0 Å². The van der Waals surface area contributed by atoms with Gasteiger partial charge in [-0.1, -0.05) is 6.07 Å². The molecule has 0 aliphatic carbocycles. The van der Waals surface area contributed by atoms with Crippen molar-refractivity contribution in [2.75, 3.05) is 13.1 Å². The molecule has 1 atom stereocenters. The zero-order valence-electron chi connectivity index (χ0n) is 11.9. The molecule has 0 radical (unpaired) electrons. The number of nitrogens with zero attached hydrogens (tertiary/aromatic N) is 2. The molecule has 0 bridgehead atoms. The minimum atomic E-state index is -0.418. The van der Waals surface area contributed by atoms with Crippen molar-refractivity contribution in [1.29, 1.82) is 0 Å². The van der Waals surface area contributed by atoms with Crippen LogP contribution >= 0.6 is 0 Å². The van der Waals surface area contributed by atoms with E-state index in [9.17, 15) is 4.79 Å². The first-order chi connectivity index (χ1) is 8.94. The van der Waals surface area contributed by atoms with E-state index in [2.05, 4.69) is 11.1 Å². The lowest BCUT2D eigenvalue weighted by Gasteiger charge is -2.24. The van der Waals surface area contributed by atoms with Gasteiger partial charge in [-0.15, -0.1) is 0 Å². The number of pyridine rings is 1. The Kier molecular flexibility index (Phi) is 4.08. The number of hydrogen-bond acceptors (Lipinski definition) is 3. The van der Waals surface area contributed by atoms with Gasteiger partial charge in [0, 0.05) is 25.5 Å². The Morgan fingerprint density at radius 3 is 2.95 bits per heavy atom. The van der Waals surface area contributed by atoms with Crippen LogP contribution < -0.4 is 0 Å². The van der Waals surface area contributed by atoms with Crippen LogP contribution in [0.2, 0.25) is 0 Å². The summed E-state index contributed by atoms with van der Waals surface area (Å²) in [5.41, 5.74) is 0.817. The Morgan fingerprint density at radius 1 is 1.53 bits per heavy atom. The Bertz CT molecular complexity index is 426. The number of rotatable bonds is 2. The molecule has 4 nitrogen and oxygen atoms in total. The summed E-state index contributed by atoms with van der Waals surface area (Å²) < 4.78 is 5.39. The monoisotopic (exact) mass is 262 g/mol. The SMILES string of the molecule is CC(C)(C)OC(=O)N1CC[C@H](Cc2cccnc2)C1. The van der Waals surface area contributed by atoms with Gasteiger partial charge in [-0.2, -0.15) is 0 Å². The highest BCUT2D eigenvalue weighted by Gasteiger charge is 2.29. The molecule has 0 unspecified atom stereocenters. The lowest BCUT2D eigenvalue weighted by Crippen LogP contribution is -2.35. The summed E-state index contributed by atoms with van der Waals surface area (Å²) in [6, 6.07) is 4.04. The fourth-order valence-electron chi connectivity index (χ4n) is 2.34. The topological polar surface area (TPSA) is 42.4 Å². The average Bonchev–Trinajstić information content (AvgIpc) is 2.77. The molecule has 0 aromatic carbocycles. The maximum absolute atomic E-state index is 12.0. The second-order valence-corrected chi connectivity index (χ2v) is 6.15. The van der Waals surface area contributed by atoms with Crippen molar-refractivity contribution in [3.63, 3.8) is 0 Å².